The Bertz CT molecular complexity index is 1330. The Hall–Kier alpha value is -3.39. The van der Waals surface area contributed by atoms with Crippen molar-refractivity contribution in [1.82, 2.24) is 19.4 Å². The summed E-state index contributed by atoms with van der Waals surface area (Å²) in [5, 5.41) is 1.06. The molecule has 0 saturated heterocycles. The smallest absolute Gasteiger partial charge is 0.230 e. The van der Waals surface area contributed by atoms with E-state index in [1.165, 1.54) is 23.1 Å². The summed E-state index contributed by atoms with van der Waals surface area (Å²) < 4.78 is 29.1. The van der Waals surface area contributed by atoms with Gasteiger partial charge >= 0.3 is 0 Å². The molecule has 3 heterocycles. The van der Waals surface area contributed by atoms with Gasteiger partial charge in [-0.1, -0.05) is 0 Å². The summed E-state index contributed by atoms with van der Waals surface area (Å²) >= 11 is 1.70. The van der Waals surface area contributed by atoms with Crippen LogP contribution in [0.15, 0.2) is 48.7 Å². The number of carbonyl (C=O) groups excluding carboxylic acids is 1. The zero-order valence-corrected chi connectivity index (χ0v) is 19.8. The van der Waals surface area contributed by atoms with Crippen LogP contribution >= 0.6 is 11.3 Å². The summed E-state index contributed by atoms with van der Waals surface area (Å²) in [6.07, 6.45) is 3.48. The first-order chi connectivity index (χ1) is 16.4. The van der Waals surface area contributed by atoms with Crippen molar-refractivity contribution >= 4 is 17.2 Å². The minimum Gasteiger partial charge on any atom is -0.342 e. The van der Waals surface area contributed by atoms with E-state index >= 15 is 0 Å². The molecular formula is C26H24F2N4OS. The summed E-state index contributed by atoms with van der Waals surface area (Å²) in [5.41, 5.74) is 3.72. The van der Waals surface area contributed by atoms with Gasteiger partial charge in [-0.2, -0.15) is 0 Å². The van der Waals surface area contributed by atoms with Crippen molar-refractivity contribution in [3.8, 4) is 16.9 Å². The van der Waals surface area contributed by atoms with Crippen molar-refractivity contribution in [1.29, 1.82) is 0 Å². The van der Waals surface area contributed by atoms with Gasteiger partial charge in [-0.25, -0.2) is 18.7 Å². The fraction of sp³-hybridized carbons (Fsp3) is 0.269. The molecule has 5 nitrogen and oxygen atoms in total. The molecule has 34 heavy (non-hydrogen) atoms. The minimum atomic E-state index is -0.336. The molecule has 0 N–H and O–H groups in total. The first-order valence-corrected chi connectivity index (χ1v) is 12.0. The fourth-order valence-corrected chi connectivity index (χ4v) is 5.27. The second kappa shape index (κ2) is 9.10. The summed E-state index contributed by atoms with van der Waals surface area (Å²) in [7, 11) is 0. The standard InChI is InChI=1S/C26H24F2N4OS/c1-16-13-18(3-8-21(16)28)23-15-32(20-6-4-19(27)5-7-20)25(30-23)14-26(33)31-11-9-22-24(10-12-31)34-17(2)29-22/h3-8,13,15H,9-12,14H2,1-2H3. The summed E-state index contributed by atoms with van der Waals surface area (Å²) in [4.78, 5) is 25.8. The molecule has 4 aromatic rings. The number of hydrogen-bond donors (Lipinski definition) is 0. The van der Waals surface area contributed by atoms with Crippen molar-refractivity contribution in [3.05, 3.63) is 87.3 Å². The second-order valence-corrected chi connectivity index (χ2v) is 9.80. The Morgan fingerprint density at radius 3 is 2.56 bits per heavy atom. The van der Waals surface area contributed by atoms with Crippen molar-refractivity contribution in [2.45, 2.75) is 33.1 Å². The van der Waals surface area contributed by atoms with Crippen LogP contribution in [0.25, 0.3) is 16.9 Å². The van der Waals surface area contributed by atoms with E-state index in [1.54, 1.807) is 42.5 Å². The van der Waals surface area contributed by atoms with Crippen molar-refractivity contribution in [2.24, 2.45) is 0 Å². The van der Waals surface area contributed by atoms with E-state index in [-0.39, 0.29) is 24.0 Å². The van der Waals surface area contributed by atoms with E-state index in [2.05, 4.69) is 4.98 Å². The third-order valence-corrected chi connectivity index (χ3v) is 7.18. The van der Waals surface area contributed by atoms with Crippen LogP contribution in [0, 0.1) is 25.5 Å². The summed E-state index contributed by atoms with van der Waals surface area (Å²) in [6, 6.07) is 10.9. The molecule has 1 aliphatic rings. The molecule has 0 bridgehead atoms. The molecule has 1 amide bonds. The number of amides is 1. The highest BCUT2D eigenvalue weighted by atomic mass is 32.1. The number of hydrogen-bond acceptors (Lipinski definition) is 4. The number of halogens is 2. The van der Waals surface area contributed by atoms with Crippen LogP contribution in [0.5, 0.6) is 0 Å². The SMILES string of the molecule is Cc1nc2c(s1)CCN(C(=O)Cc1nc(-c3ccc(F)c(C)c3)cn1-c1ccc(F)cc1)CC2. The summed E-state index contributed by atoms with van der Waals surface area (Å²) in [5.74, 6) is -0.0718. The first-order valence-electron chi connectivity index (χ1n) is 11.2. The number of fused-ring (bicyclic) bond motifs is 1. The minimum absolute atomic E-state index is 0.0114. The predicted molar refractivity (Wildman–Crippen MR) is 128 cm³/mol. The zero-order valence-electron chi connectivity index (χ0n) is 19.0. The average Bonchev–Trinajstić information content (AvgIpc) is 3.33. The van der Waals surface area contributed by atoms with Crippen LogP contribution < -0.4 is 0 Å². The third kappa shape index (κ3) is 4.50. The van der Waals surface area contributed by atoms with Crippen LogP contribution in [-0.2, 0) is 24.1 Å². The van der Waals surface area contributed by atoms with Gasteiger partial charge in [0.25, 0.3) is 0 Å². The fourth-order valence-electron chi connectivity index (χ4n) is 4.30. The van der Waals surface area contributed by atoms with Gasteiger partial charge in [0.05, 0.1) is 22.8 Å². The molecule has 2 aromatic heterocycles. The first kappa shape index (κ1) is 22.4. The Morgan fingerprint density at radius 1 is 1.03 bits per heavy atom. The summed E-state index contributed by atoms with van der Waals surface area (Å²) in [6.45, 7) is 4.98. The molecule has 0 atom stereocenters. The molecular weight excluding hydrogens is 454 g/mol. The second-order valence-electron chi connectivity index (χ2n) is 8.51. The van der Waals surface area contributed by atoms with E-state index in [1.807, 2.05) is 22.6 Å². The van der Waals surface area contributed by atoms with Gasteiger partial charge in [0.1, 0.15) is 17.5 Å². The molecule has 1 aliphatic heterocycles. The van der Waals surface area contributed by atoms with Crippen molar-refractivity contribution < 1.29 is 13.6 Å². The van der Waals surface area contributed by atoms with Gasteiger partial charge in [0.15, 0.2) is 0 Å². The Balaban J connectivity index is 1.44. The van der Waals surface area contributed by atoms with E-state index in [0.29, 0.717) is 35.9 Å². The molecule has 5 rings (SSSR count). The highest BCUT2D eigenvalue weighted by Crippen LogP contribution is 2.26. The number of thiazole rings is 1. The number of imidazole rings is 1. The van der Waals surface area contributed by atoms with Gasteiger partial charge in [-0.15, -0.1) is 11.3 Å². The largest absolute Gasteiger partial charge is 0.342 e. The number of aryl methyl sites for hydroxylation is 2. The molecule has 0 radical (unpaired) electrons. The lowest BCUT2D eigenvalue weighted by Gasteiger charge is -2.20. The van der Waals surface area contributed by atoms with E-state index < -0.39 is 0 Å². The number of benzene rings is 2. The van der Waals surface area contributed by atoms with Crippen molar-refractivity contribution in [2.75, 3.05) is 13.1 Å². The van der Waals surface area contributed by atoms with E-state index in [4.69, 9.17) is 4.98 Å². The Labute approximate surface area is 200 Å². The van der Waals surface area contributed by atoms with Crippen LogP contribution in [-0.4, -0.2) is 38.4 Å². The third-order valence-electron chi connectivity index (χ3n) is 6.11. The predicted octanol–water partition coefficient (Wildman–Crippen LogP) is 5.06. The van der Waals surface area contributed by atoms with Gasteiger partial charge < -0.3 is 9.47 Å². The Kier molecular flexibility index (Phi) is 6.00. The number of rotatable bonds is 4. The van der Waals surface area contributed by atoms with Gasteiger partial charge in [0, 0.05) is 48.3 Å². The van der Waals surface area contributed by atoms with Crippen molar-refractivity contribution in [3.63, 3.8) is 0 Å². The topological polar surface area (TPSA) is 51.0 Å². The van der Waals surface area contributed by atoms with Crippen LogP contribution in [0.2, 0.25) is 0 Å². The normalized spacial score (nSPS) is 13.6. The Morgan fingerprint density at radius 2 is 1.79 bits per heavy atom. The number of aromatic nitrogens is 3. The maximum absolute atomic E-state index is 13.8. The zero-order chi connectivity index (χ0) is 23.8. The molecule has 174 valence electrons. The van der Waals surface area contributed by atoms with Gasteiger partial charge in [-0.05, 0) is 61.9 Å². The molecule has 0 spiro atoms. The lowest BCUT2D eigenvalue weighted by Crippen LogP contribution is -2.35. The average molecular weight is 479 g/mol. The number of carbonyl (C=O) groups is 1. The maximum atomic E-state index is 13.8. The molecule has 2 aromatic carbocycles. The highest BCUT2D eigenvalue weighted by Gasteiger charge is 2.23. The number of nitrogens with zero attached hydrogens (tertiary/aromatic N) is 4. The highest BCUT2D eigenvalue weighted by molar-refractivity contribution is 7.11. The molecule has 8 heteroatoms. The monoisotopic (exact) mass is 478 g/mol. The van der Waals surface area contributed by atoms with E-state index in [9.17, 15) is 13.6 Å². The van der Waals surface area contributed by atoms with Crippen LogP contribution in [0.4, 0.5) is 8.78 Å². The van der Waals surface area contributed by atoms with Gasteiger partial charge in [0.2, 0.25) is 5.91 Å². The van der Waals surface area contributed by atoms with E-state index in [0.717, 1.165) is 29.1 Å². The lowest BCUT2D eigenvalue weighted by atomic mass is 10.1. The molecule has 0 saturated carbocycles. The lowest BCUT2D eigenvalue weighted by molar-refractivity contribution is -0.130. The molecule has 0 aliphatic carbocycles. The van der Waals surface area contributed by atoms with Crippen LogP contribution in [0.1, 0.15) is 27.0 Å². The van der Waals surface area contributed by atoms with Gasteiger partial charge in [-0.3, -0.25) is 4.79 Å². The van der Waals surface area contributed by atoms with Crippen LogP contribution in [0.3, 0.4) is 0 Å². The quantitative estimate of drug-likeness (QED) is 0.412. The molecule has 0 unspecified atom stereocenters. The molecule has 0 fully saturated rings. The maximum Gasteiger partial charge on any atom is 0.230 e.